The van der Waals surface area contributed by atoms with Crippen LogP contribution < -0.4 is 10.3 Å². The lowest BCUT2D eigenvalue weighted by Gasteiger charge is -2.36. The summed E-state index contributed by atoms with van der Waals surface area (Å²) in [5, 5.41) is 1.56. The number of methoxy groups -OCH3 is 1. The molecule has 2 fully saturated rings. The number of carbonyl (C=O) groups is 1. The van der Waals surface area contributed by atoms with E-state index in [0.29, 0.717) is 28.6 Å². The molecular formula is C26H33N3O3S. The van der Waals surface area contributed by atoms with Crippen molar-refractivity contribution in [2.24, 2.45) is 0 Å². The van der Waals surface area contributed by atoms with Crippen LogP contribution in [-0.4, -0.2) is 59.6 Å². The molecule has 4 heterocycles. The molecule has 0 radical (unpaired) electrons. The van der Waals surface area contributed by atoms with Crippen LogP contribution in [0, 0.1) is 0 Å². The van der Waals surface area contributed by atoms with Crippen molar-refractivity contribution >= 4 is 38.2 Å². The summed E-state index contributed by atoms with van der Waals surface area (Å²) in [5.41, 5.74) is 0.870. The Morgan fingerprint density at radius 3 is 2.55 bits per heavy atom. The number of nitrogens with zero attached hydrogens (tertiary/aromatic N) is 3. The van der Waals surface area contributed by atoms with Crippen LogP contribution in [0.15, 0.2) is 29.1 Å². The normalized spacial score (nSPS) is 17.9. The highest BCUT2D eigenvalue weighted by atomic mass is 32.1. The van der Waals surface area contributed by atoms with Gasteiger partial charge in [-0.25, -0.2) is 0 Å². The van der Waals surface area contributed by atoms with Crippen molar-refractivity contribution in [2.75, 3.05) is 33.3 Å². The lowest BCUT2D eigenvalue weighted by atomic mass is 10.0. The quantitative estimate of drug-likeness (QED) is 0.526. The number of benzene rings is 1. The summed E-state index contributed by atoms with van der Waals surface area (Å²) in [7, 11) is 1.57. The number of thiophene rings is 1. The third-order valence-electron chi connectivity index (χ3n) is 7.31. The first-order chi connectivity index (χ1) is 16.1. The number of fused-ring (bicyclic) bond motifs is 3. The van der Waals surface area contributed by atoms with Crippen LogP contribution in [-0.2, 0) is 6.54 Å². The average Bonchev–Trinajstić information content (AvgIpc) is 3.52. The molecule has 2 aliphatic heterocycles. The Morgan fingerprint density at radius 1 is 1.12 bits per heavy atom. The molecule has 0 unspecified atom stereocenters. The number of unbranched alkanes of at least 4 members (excludes halogenated alkanes) is 1. The SMILES string of the molecule is CCCCn1c(=O)c2c(OC)c(C(=O)N3CCC(N4CCCC4)CC3)sc2c2ccccc21. The number of rotatable bonds is 6. The molecule has 176 valence electrons. The highest BCUT2D eigenvalue weighted by Gasteiger charge is 2.32. The summed E-state index contributed by atoms with van der Waals surface area (Å²) in [6.45, 7) is 6.71. The fourth-order valence-corrected chi connectivity index (χ4v) is 6.77. The third-order valence-corrected chi connectivity index (χ3v) is 8.50. The summed E-state index contributed by atoms with van der Waals surface area (Å²) in [6, 6.07) is 8.61. The smallest absolute Gasteiger partial charge is 0.267 e. The van der Waals surface area contributed by atoms with E-state index < -0.39 is 0 Å². The Labute approximate surface area is 198 Å². The topological polar surface area (TPSA) is 54.8 Å². The molecule has 3 aromatic rings. The molecule has 2 saturated heterocycles. The number of amides is 1. The van der Waals surface area contributed by atoms with Crippen LogP contribution in [0.25, 0.3) is 21.0 Å². The Hall–Kier alpha value is -2.38. The van der Waals surface area contributed by atoms with E-state index in [1.807, 2.05) is 33.7 Å². The molecular weight excluding hydrogens is 434 g/mol. The molecule has 5 rings (SSSR count). The third kappa shape index (κ3) is 3.95. The van der Waals surface area contributed by atoms with E-state index in [4.69, 9.17) is 4.74 Å². The van der Waals surface area contributed by atoms with Gasteiger partial charge in [-0.1, -0.05) is 31.5 Å². The molecule has 33 heavy (non-hydrogen) atoms. The molecule has 0 spiro atoms. The fourth-order valence-electron chi connectivity index (χ4n) is 5.50. The largest absolute Gasteiger partial charge is 0.494 e. The number of hydrogen-bond acceptors (Lipinski definition) is 5. The van der Waals surface area contributed by atoms with Crippen LogP contribution in [0.1, 0.15) is 55.1 Å². The van der Waals surface area contributed by atoms with Gasteiger partial charge in [-0.3, -0.25) is 9.59 Å². The van der Waals surface area contributed by atoms with Gasteiger partial charge in [0.15, 0.2) is 5.75 Å². The van der Waals surface area contributed by atoms with E-state index in [2.05, 4.69) is 11.8 Å². The monoisotopic (exact) mass is 467 g/mol. The zero-order valence-corrected chi connectivity index (χ0v) is 20.5. The Kier molecular flexibility index (Phi) is 6.43. The molecule has 0 saturated carbocycles. The molecule has 0 atom stereocenters. The number of piperidine rings is 1. The first-order valence-electron chi connectivity index (χ1n) is 12.3. The van der Waals surface area contributed by atoms with E-state index in [1.165, 1.54) is 37.3 Å². The minimum absolute atomic E-state index is 0.00323. The van der Waals surface area contributed by atoms with Gasteiger partial charge in [0.05, 0.1) is 17.3 Å². The number of para-hydroxylation sites is 1. The molecule has 2 aromatic heterocycles. The van der Waals surface area contributed by atoms with Gasteiger partial charge in [-0.15, -0.1) is 11.3 Å². The van der Waals surface area contributed by atoms with Crippen molar-refractivity contribution in [3.63, 3.8) is 0 Å². The van der Waals surface area contributed by atoms with Gasteiger partial charge in [-0.2, -0.15) is 0 Å². The van der Waals surface area contributed by atoms with E-state index in [1.54, 1.807) is 7.11 Å². The summed E-state index contributed by atoms with van der Waals surface area (Å²) in [6.07, 6.45) is 6.57. The van der Waals surface area contributed by atoms with Gasteiger partial charge in [-0.05, 0) is 51.3 Å². The van der Waals surface area contributed by atoms with Crippen molar-refractivity contribution in [1.29, 1.82) is 0 Å². The number of ether oxygens (including phenoxy) is 1. The summed E-state index contributed by atoms with van der Waals surface area (Å²) in [4.78, 5) is 32.3. The fraction of sp³-hybridized carbons (Fsp3) is 0.538. The molecule has 1 amide bonds. The molecule has 7 heteroatoms. The molecule has 1 aromatic carbocycles. The highest BCUT2D eigenvalue weighted by Crippen LogP contribution is 2.40. The number of aromatic nitrogens is 1. The second kappa shape index (κ2) is 9.47. The molecule has 0 aliphatic carbocycles. The molecule has 2 aliphatic rings. The first-order valence-corrected chi connectivity index (χ1v) is 13.1. The van der Waals surface area contributed by atoms with Gasteiger partial charge in [0.25, 0.3) is 11.5 Å². The number of likely N-dealkylation sites (tertiary alicyclic amines) is 2. The minimum atomic E-state index is -0.0583. The average molecular weight is 468 g/mol. The van der Waals surface area contributed by atoms with Crippen LogP contribution in [0.2, 0.25) is 0 Å². The summed E-state index contributed by atoms with van der Waals surface area (Å²) in [5.74, 6) is 0.444. The van der Waals surface area contributed by atoms with E-state index in [9.17, 15) is 9.59 Å². The second-order valence-electron chi connectivity index (χ2n) is 9.26. The van der Waals surface area contributed by atoms with Gasteiger partial charge in [0.1, 0.15) is 10.3 Å². The lowest BCUT2D eigenvalue weighted by molar-refractivity contribution is 0.0646. The first kappa shape index (κ1) is 22.4. The van der Waals surface area contributed by atoms with Crippen molar-refractivity contribution < 1.29 is 9.53 Å². The molecule has 0 bridgehead atoms. The number of aryl methyl sites for hydroxylation is 1. The zero-order valence-electron chi connectivity index (χ0n) is 19.6. The Balaban J connectivity index is 1.52. The summed E-state index contributed by atoms with van der Waals surface area (Å²) >= 11 is 1.41. The van der Waals surface area contributed by atoms with E-state index in [-0.39, 0.29) is 11.5 Å². The predicted molar refractivity (Wildman–Crippen MR) is 135 cm³/mol. The second-order valence-corrected chi connectivity index (χ2v) is 10.3. The van der Waals surface area contributed by atoms with Gasteiger partial charge in [0, 0.05) is 31.1 Å². The Bertz CT molecular complexity index is 1220. The standard InChI is InChI=1S/C26H33N3O3S/c1-3-4-15-29-20-10-6-5-9-19(20)23-21(25(29)30)22(32-2)24(33-23)26(31)28-16-11-18(12-17-28)27-13-7-8-14-27/h5-6,9-10,18H,3-4,7-8,11-17H2,1-2H3. The van der Waals surface area contributed by atoms with Crippen LogP contribution in [0.5, 0.6) is 5.75 Å². The lowest BCUT2D eigenvalue weighted by Crippen LogP contribution is -2.45. The van der Waals surface area contributed by atoms with Crippen molar-refractivity contribution in [2.45, 2.75) is 58.0 Å². The van der Waals surface area contributed by atoms with Crippen LogP contribution in [0.4, 0.5) is 0 Å². The van der Waals surface area contributed by atoms with Gasteiger partial charge in [0.2, 0.25) is 0 Å². The van der Waals surface area contributed by atoms with Crippen LogP contribution in [0.3, 0.4) is 0 Å². The molecule has 0 N–H and O–H groups in total. The van der Waals surface area contributed by atoms with Gasteiger partial charge >= 0.3 is 0 Å². The molecule has 6 nitrogen and oxygen atoms in total. The zero-order chi connectivity index (χ0) is 22.9. The van der Waals surface area contributed by atoms with Crippen molar-refractivity contribution in [3.8, 4) is 5.75 Å². The minimum Gasteiger partial charge on any atom is -0.494 e. The number of pyridine rings is 1. The number of carbonyl (C=O) groups excluding carboxylic acids is 1. The van der Waals surface area contributed by atoms with Gasteiger partial charge < -0.3 is 19.1 Å². The van der Waals surface area contributed by atoms with Crippen molar-refractivity contribution in [3.05, 3.63) is 39.5 Å². The van der Waals surface area contributed by atoms with Crippen LogP contribution >= 0.6 is 11.3 Å². The van der Waals surface area contributed by atoms with E-state index in [0.717, 1.165) is 54.4 Å². The highest BCUT2D eigenvalue weighted by molar-refractivity contribution is 7.22. The van der Waals surface area contributed by atoms with E-state index >= 15 is 0 Å². The predicted octanol–water partition coefficient (Wildman–Crippen LogP) is 4.73. The maximum absolute atomic E-state index is 13.6. The maximum atomic E-state index is 13.6. The number of hydrogen-bond donors (Lipinski definition) is 0. The van der Waals surface area contributed by atoms with Crippen molar-refractivity contribution in [1.82, 2.24) is 14.4 Å². The maximum Gasteiger partial charge on any atom is 0.267 e. The summed E-state index contributed by atoms with van der Waals surface area (Å²) < 4.78 is 8.45. The Morgan fingerprint density at radius 2 is 1.85 bits per heavy atom.